The number of para-hydroxylation sites is 1. The Morgan fingerprint density at radius 1 is 1.02 bits per heavy atom. The summed E-state index contributed by atoms with van der Waals surface area (Å²) in [6.45, 7) is 0. The summed E-state index contributed by atoms with van der Waals surface area (Å²) < 4.78 is 16.1. The van der Waals surface area contributed by atoms with E-state index in [1.807, 2.05) is 48.5 Å². The van der Waals surface area contributed by atoms with Gasteiger partial charge >= 0.3 is 0 Å². The van der Waals surface area contributed by atoms with Gasteiger partial charge in [0.05, 0.1) is 46.4 Å². The van der Waals surface area contributed by atoms with Gasteiger partial charge in [0.1, 0.15) is 11.4 Å². The van der Waals surface area contributed by atoms with Crippen molar-refractivity contribution in [3.63, 3.8) is 0 Å². The van der Waals surface area contributed by atoms with Crippen LogP contribution < -0.4 is 5.32 Å². The van der Waals surface area contributed by atoms with E-state index in [1.54, 1.807) is 17.8 Å². The molecule has 41 heavy (non-hydrogen) atoms. The summed E-state index contributed by atoms with van der Waals surface area (Å²) in [4.78, 5) is 29.3. The summed E-state index contributed by atoms with van der Waals surface area (Å²) in [5.74, 6) is 0.635. The third-order valence-electron chi connectivity index (χ3n) is 6.80. The molecule has 1 amide bonds. The second-order valence-electron chi connectivity index (χ2n) is 9.55. The van der Waals surface area contributed by atoms with E-state index in [2.05, 4.69) is 48.0 Å². The van der Waals surface area contributed by atoms with Crippen molar-refractivity contribution in [2.45, 2.75) is 6.42 Å². The molecule has 5 heterocycles. The molecule has 0 spiro atoms. The molecular weight excluding hydrogens is 537 g/mol. The minimum absolute atomic E-state index is 0.0955. The molecule has 8 nitrogen and oxygen atoms in total. The molecule has 0 radical (unpaired) electrons. The van der Waals surface area contributed by atoms with Gasteiger partial charge in [-0.05, 0) is 28.7 Å². The SMILES string of the molecule is O=C(Cc1ccccc1)Nc1cncc(-c2ncc3[nH]nc(-c4nc5c(C6=CSCC=C6)cccc5[nH]4)c3c2F)c1. The van der Waals surface area contributed by atoms with Gasteiger partial charge in [-0.15, -0.1) is 11.8 Å². The second kappa shape index (κ2) is 10.5. The van der Waals surface area contributed by atoms with Gasteiger partial charge in [-0.1, -0.05) is 54.6 Å². The quantitative estimate of drug-likeness (QED) is 0.214. The zero-order valence-electron chi connectivity index (χ0n) is 21.6. The van der Waals surface area contributed by atoms with E-state index in [1.165, 1.54) is 18.6 Å². The molecule has 0 saturated carbocycles. The molecule has 2 aromatic carbocycles. The highest BCUT2D eigenvalue weighted by Gasteiger charge is 2.21. The summed E-state index contributed by atoms with van der Waals surface area (Å²) >= 11 is 1.73. The van der Waals surface area contributed by atoms with Crippen molar-refractivity contribution < 1.29 is 9.18 Å². The zero-order valence-corrected chi connectivity index (χ0v) is 22.4. The molecule has 0 fully saturated rings. The topological polar surface area (TPSA) is 112 Å². The number of thioether (sulfide) groups is 1. The maximum absolute atomic E-state index is 16.1. The summed E-state index contributed by atoms with van der Waals surface area (Å²) in [6.07, 6.45) is 9.00. The van der Waals surface area contributed by atoms with Gasteiger partial charge in [-0.3, -0.25) is 19.9 Å². The van der Waals surface area contributed by atoms with Gasteiger partial charge in [-0.25, -0.2) is 9.37 Å². The Morgan fingerprint density at radius 3 is 2.78 bits per heavy atom. The van der Waals surface area contributed by atoms with E-state index in [0.29, 0.717) is 28.3 Å². The second-order valence-corrected chi connectivity index (χ2v) is 10.5. The molecule has 0 aliphatic carbocycles. The van der Waals surface area contributed by atoms with E-state index in [9.17, 15) is 4.79 Å². The number of hydrogen-bond donors (Lipinski definition) is 3. The molecule has 0 saturated heterocycles. The molecule has 3 N–H and O–H groups in total. The van der Waals surface area contributed by atoms with Crippen LogP contribution in [-0.2, 0) is 11.2 Å². The molecule has 0 atom stereocenters. The lowest BCUT2D eigenvalue weighted by Crippen LogP contribution is -2.14. The van der Waals surface area contributed by atoms with Crippen LogP contribution in [-0.4, -0.2) is 41.8 Å². The van der Waals surface area contributed by atoms with Crippen LogP contribution in [0, 0.1) is 5.82 Å². The maximum atomic E-state index is 16.1. The molecule has 0 unspecified atom stereocenters. The smallest absolute Gasteiger partial charge is 0.228 e. The minimum Gasteiger partial charge on any atom is -0.337 e. The Morgan fingerprint density at radius 2 is 1.93 bits per heavy atom. The van der Waals surface area contributed by atoms with Crippen molar-refractivity contribution in [1.29, 1.82) is 0 Å². The van der Waals surface area contributed by atoms with Crippen molar-refractivity contribution in [2.75, 3.05) is 11.1 Å². The number of fused-ring (bicyclic) bond motifs is 2. The van der Waals surface area contributed by atoms with Gasteiger partial charge in [0.15, 0.2) is 11.6 Å². The number of aromatic amines is 2. The van der Waals surface area contributed by atoms with Crippen molar-refractivity contribution in [2.24, 2.45) is 0 Å². The number of allylic oxidation sites excluding steroid dienone is 2. The van der Waals surface area contributed by atoms with Crippen LogP contribution in [0.1, 0.15) is 11.1 Å². The van der Waals surface area contributed by atoms with Gasteiger partial charge in [0, 0.05) is 23.1 Å². The zero-order chi connectivity index (χ0) is 27.8. The lowest BCUT2D eigenvalue weighted by Gasteiger charge is -2.08. The number of H-pyrrole nitrogens is 2. The summed E-state index contributed by atoms with van der Waals surface area (Å²) in [5, 5.41) is 12.5. The third-order valence-corrected chi connectivity index (χ3v) is 7.60. The fourth-order valence-corrected chi connectivity index (χ4v) is 5.60. The number of rotatable bonds is 6. The number of halogens is 1. The van der Waals surface area contributed by atoms with Gasteiger partial charge in [0.2, 0.25) is 5.91 Å². The van der Waals surface area contributed by atoms with Crippen LogP contribution >= 0.6 is 11.8 Å². The third kappa shape index (κ3) is 4.78. The van der Waals surface area contributed by atoms with Gasteiger partial charge < -0.3 is 10.3 Å². The van der Waals surface area contributed by atoms with E-state index < -0.39 is 5.82 Å². The van der Waals surface area contributed by atoms with Crippen molar-refractivity contribution in [3.8, 4) is 22.8 Å². The lowest BCUT2D eigenvalue weighted by molar-refractivity contribution is -0.115. The predicted octanol–water partition coefficient (Wildman–Crippen LogP) is 6.53. The Balaban J connectivity index is 1.24. The highest BCUT2D eigenvalue weighted by atomic mass is 32.2. The average Bonchev–Trinajstić information content (AvgIpc) is 3.63. The monoisotopic (exact) mass is 559 g/mol. The Hall–Kier alpha value is -5.09. The average molecular weight is 560 g/mol. The fourth-order valence-electron chi connectivity index (χ4n) is 4.91. The first kappa shape index (κ1) is 24.9. The van der Waals surface area contributed by atoms with Crippen LogP contribution in [0.2, 0.25) is 0 Å². The lowest BCUT2D eigenvalue weighted by atomic mass is 10.1. The summed E-state index contributed by atoms with van der Waals surface area (Å²) in [5.41, 5.74) is 6.35. The van der Waals surface area contributed by atoms with E-state index in [0.717, 1.165) is 33.5 Å². The largest absolute Gasteiger partial charge is 0.337 e. The molecule has 0 bridgehead atoms. The number of nitrogens with zero attached hydrogens (tertiary/aromatic N) is 4. The number of hydrogen-bond acceptors (Lipinski definition) is 6. The molecule has 1 aliphatic rings. The highest BCUT2D eigenvalue weighted by Crippen LogP contribution is 2.35. The minimum atomic E-state index is -0.559. The van der Waals surface area contributed by atoms with Crippen LogP contribution in [0.5, 0.6) is 0 Å². The first-order valence-electron chi connectivity index (χ1n) is 12.9. The van der Waals surface area contributed by atoms with Crippen molar-refractivity contribution >= 4 is 50.9 Å². The fraction of sp³-hybridized carbons (Fsp3) is 0.0645. The Labute approximate surface area is 237 Å². The maximum Gasteiger partial charge on any atom is 0.228 e. The molecule has 6 aromatic rings. The van der Waals surface area contributed by atoms with Gasteiger partial charge in [-0.2, -0.15) is 5.10 Å². The number of pyridine rings is 2. The van der Waals surface area contributed by atoms with Crippen LogP contribution in [0.4, 0.5) is 10.1 Å². The first-order chi connectivity index (χ1) is 20.1. The first-order valence-corrected chi connectivity index (χ1v) is 14.0. The van der Waals surface area contributed by atoms with Crippen molar-refractivity contribution in [3.05, 3.63) is 108 Å². The number of carbonyl (C=O) groups is 1. The van der Waals surface area contributed by atoms with Crippen LogP contribution in [0.15, 0.2) is 90.7 Å². The number of amides is 1. The molecule has 10 heteroatoms. The van der Waals surface area contributed by atoms with Crippen LogP contribution in [0.25, 0.3) is 50.3 Å². The number of nitrogens with one attached hydrogen (secondary N) is 3. The standard InChI is InChI=1S/C31H22FN7OS/c32-27-26-24(16-34-28(27)20-13-21(15-33-14-20)35-25(40)12-18-6-2-1-3-7-18)38-39-30(26)31-36-23-10-4-9-22(29(23)37-31)19-8-5-11-41-17-19/h1-10,13-17H,11-12H2,(H,35,40)(H,36,37)(H,38,39). The number of aromatic nitrogens is 6. The molecule has 1 aliphatic heterocycles. The Kier molecular flexibility index (Phi) is 6.36. The number of imidazole rings is 1. The van der Waals surface area contributed by atoms with Crippen LogP contribution in [0.3, 0.4) is 0 Å². The molecular formula is C31H22FN7OS. The Bertz CT molecular complexity index is 1990. The number of benzene rings is 2. The predicted molar refractivity (Wildman–Crippen MR) is 161 cm³/mol. The highest BCUT2D eigenvalue weighted by molar-refractivity contribution is 8.02. The van der Waals surface area contributed by atoms with Gasteiger partial charge in [0.25, 0.3) is 0 Å². The number of carbonyl (C=O) groups excluding carboxylic acids is 1. The summed E-state index contributed by atoms with van der Waals surface area (Å²) in [6, 6.07) is 17.0. The summed E-state index contributed by atoms with van der Waals surface area (Å²) in [7, 11) is 0. The van der Waals surface area contributed by atoms with Crippen molar-refractivity contribution in [1.82, 2.24) is 30.1 Å². The number of anilines is 1. The molecule has 4 aromatic heterocycles. The van der Waals surface area contributed by atoms with E-state index >= 15 is 4.39 Å². The molecule has 7 rings (SSSR count). The molecule has 200 valence electrons. The van der Waals surface area contributed by atoms with E-state index in [-0.39, 0.29) is 23.4 Å². The normalized spacial score (nSPS) is 13.0. The van der Waals surface area contributed by atoms with E-state index in [4.69, 9.17) is 4.98 Å².